The van der Waals surface area contributed by atoms with Gasteiger partial charge in [-0.15, -0.1) is 0 Å². The molecule has 150 valence electrons. The van der Waals surface area contributed by atoms with Gasteiger partial charge in [-0.3, -0.25) is 14.4 Å². The highest BCUT2D eigenvalue weighted by molar-refractivity contribution is 5.98. The van der Waals surface area contributed by atoms with Crippen LogP contribution in [0.2, 0.25) is 0 Å². The van der Waals surface area contributed by atoms with Crippen LogP contribution in [0.15, 0.2) is 53.1 Å². The van der Waals surface area contributed by atoms with Crippen LogP contribution in [0.4, 0.5) is 5.82 Å². The number of anilines is 1. The van der Waals surface area contributed by atoms with E-state index in [1.165, 1.54) is 6.92 Å². The van der Waals surface area contributed by atoms with Crippen LogP contribution in [-0.2, 0) is 14.3 Å². The molecule has 0 fully saturated rings. The van der Waals surface area contributed by atoms with Crippen molar-refractivity contribution in [1.29, 1.82) is 0 Å². The number of ether oxygens (including phenoxy) is 1. The Morgan fingerprint density at radius 3 is 2.59 bits per heavy atom. The highest BCUT2D eigenvalue weighted by Crippen LogP contribution is 2.15. The predicted octanol–water partition coefficient (Wildman–Crippen LogP) is 2.83. The molecule has 8 heteroatoms. The third-order valence-corrected chi connectivity index (χ3v) is 4.18. The van der Waals surface area contributed by atoms with Gasteiger partial charge in [0.25, 0.3) is 11.8 Å². The summed E-state index contributed by atoms with van der Waals surface area (Å²) in [4.78, 5) is 36.2. The lowest BCUT2D eigenvalue weighted by molar-refractivity contribution is -0.153. The summed E-state index contributed by atoms with van der Waals surface area (Å²) < 4.78 is 9.92. The van der Waals surface area contributed by atoms with Crippen LogP contribution < -0.4 is 10.6 Å². The molecule has 0 radical (unpaired) electrons. The largest absolute Gasteiger partial charge is 0.452 e. The molecule has 3 aromatic rings. The van der Waals surface area contributed by atoms with Crippen molar-refractivity contribution >= 4 is 34.4 Å². The van der Waals surface area contributed by atoms with Gasteiger partial charge in [-0.2, -0.15) is 0 Å². The normalized spacial score (nSPS) is 11.7. The minimum Gasteiger partial charge on any atom is -0.452 e. The Balaban J connectivity index is 1.43. The van der Waals surface area contributed by atoms with Crippen LogP contribution in [0.5, 0.6) is 0 Å². The maximum Gasteiger partial charge on any atom is 0.308 e. The van der Waals surface area contributed by atoms with Crippen LogP contribution in [0.3, 0.4) is 0 Å². The number of aryl methyl sites for hydroxylation is 1. The Kier molecular flexibility index (Phi) is 6.23. The molecule has 8 nitrogen and oxygen atoms in total. The fraction of sp³-hybridized carbons (Fsp3) is 0.238. The number of esters is 1. The van der Waals surface area contributed by atoms with Crippen molar-refractivity contribution in [3.05, 3.63) is 59.9 Å². The Morgan fingerprint density at radius 2 is 1.86 bits per heavy atom. The maximum atomic E-state index is 12.3. The van der Waals surface area contributed by atoms with Gasteiger partial charge in [-0.05, 0) is 36.8 Å². The van der Waals surface area contributed by atoms with Crippen molar-refractivity contribution in [2.45, 2.75) is 26.4 Å². The van der Waals surface area contributed by atoms with Gasteiger partial charge in [0.1, 0.15) is 5.76 Å². The number of amides is 2. The second-order valence-corrected chi connectivity index (χ2v) is 6.51. The van der Waals surface area contributed by atoms with Gasteiger partial charge < -0.3 is 19.9 Å². The molecule has 0 bridgehead atoms. The maximum absolute atomic E-state index is 12.3. The van der Waals surface area contributed by atoms with Crippen LogP contribution in [0.25, 0.3) is 10.8 Å². The summed E-state index contributed by atoms with van der Waals surface area (Å²) in [6.45, 7) is 3.24. The van der Waals surface area contributed by atoms with Gasteiger partial charge >= 0.3 is 5.97 Å². The van der Waals surface area contributed by atoms with Crippen molar-refractivity contribution < 1.29 is 23.6 Å². The van der Waals surface area contributed by atoms with Gasteiger partial charge in [0.15, 0.2) is 11.9 Å². The van der Waals surface area contributed by atoms with Gasteiger partial charge in [-0.1, -0.05) is 35.5 Å². The molecule has 2 aromatic carbocycles. The predicted molar refractivity (Wildman–Crippen MR) is 106 cm³/mol. The van der Waals surface area contributed by atoms with E-state index in [0.29, 0.717) is 11.3 Å². The number of nitrogens with one attached hydrogen (secondary N) is 2. The van der Waals surface area contributed by atoms with E-state index < -0.39 is 18.0 Å². The number of hydrogen-bond donors (Lipinski definition) is 2. The molecule has 0 saturated heterocycles. The Bertz CT molecular complexity index is 1040. The SMILES string of the molecule is Cc1cc(NC(=O)[C@H](C)OC(=O)CCNC(=O)c2ccc3ccccc3c2)no1. The molecule has 29 heavy (non-hydrogen) atoms. The molecule has 0 saturated carbocycles. The molecule has 1 atom stereocenters. The summed E-state index contributed by atoms with van der Waals surface area (Å²) >= 11 is 0. The topological polar surface area (TPSA) is 111 Å². The first-order valence-electron chi connectivity index (χ1n) is 9.13. The van der Waals surface area contributed by atoms with Crippen LogP contribution in [-0.4, -0.2) is 35.6 Å². The standard InChI is InChI=1S/C21H21N3O5/c1-13-11-18(24-29-13)23-20(26)14(2)28-19(25)9-10-22-21(27)17-8-7-15-5-3-4-6-16(15)12-17/h3-8,11-12,14H,9-10H2,1-2H3,(H,22,27)(H,23,24,26)/t14-/m0/s1. The van der Waals surface area contributed by atoms with E-state index in [2.05, 4.69) is 15.8 Å². The number of rotatable bonds is 7. The first-order chi connectivity index (χ1) is 13.9. The molecular formula is C21H21N3O5. The van der Waals surface area contributed by atoms with Gasteiger partial charge in [0, 0.05) is 18.2 Å². The van der Waals surface area contributed by atoms with Gasteiger partial charge in [0.2, 0.25) is 0 Å². The lowest BCUT2D eigenvalue weighted by Crippen LogP contribution is -2.32. The average molecular weight is 395 g/mol. The van der Waals surface area contributed by atoms with E-state index in [9.17, 15) is 14.4 Å². The zero-order valence-corrected chi connectivity index (χ0v) is 16.1. The van der Waals surface area contributed by atoms with Crippen LogP contribution in [0.1, 0.15) is 29.5 Å². The second kappa shape index (κ2) is 9.01. The lowest BCUT2D eigenvalue weighted by Gasteiger charge is -2.12. The summed E-state index contributed by atoms with van der Waals surface area (Å²) in [6, 6.07) is 14.7. The summed E-state index contributed by atoms with van der Waals surface area (Å²) in [5, 5.41) is 10.8. The van der Waals surface area contributed by atoms with Crippen molar-refractivity contribution in [3.63, 3.8) is 0 Å². The highest BCUT2D eigenvalue weighted by Gasteiger charge is 2.19. The summed E-state index contributed by atoms with van der Waals surface area (Å²) in [7, 11) is 0. The summed E-state index contributed by atoms with van der Waals surface area (Å²) in [6.07, 6.45) is -1.06. The zero-order valence-electron chi connectivity index (χ0n) is 16.1. The van der Waals surface area contributed by atoms with E-state index in [1.54, 1.807) is 25.1 Å². The second-order valence-electron chi connectivity index (χ2n) is 6.51. The number of nitrogens with zero attached hydrogens (tertiary/aromatic N) is 1. The minimum absolute atomic E-state index is 0.0555. The summed E-state index contributed by atoms with van der Waals surface area (Å²) in [5.41, 5.74) is 0.507. The zero-order chi connectivity index (χ0) is 20.8. The molecular weight excluding hydrogens is 374 g/mol. The molecule has 0 aliphatic carbocycles. The van der Waals surface area contributed by atoms with E-state index in [1.807, 2.05) is 30.3 Å². The van der Waals surface area contributed by atoms with Crippen molar-refractivity contribution in [2.24, 2.45) is 0 Å². The van der Waals surface area contributed by atoms with Crippen molar-refractivity contribution in [3.8, 4) is 0 Å². The molecule has 0 aliphatic rings. The Labute approximate surface area is 167 Å². The van der Waals surface area contributed by atoms with Crippen molar-refractivity contribution in [2.75, 3.05) is 11.9 Å². The quantitative estimate of drug-likeness (QED) is 0.595. The fourth-order valence-electron chi connectivity index (χ4n) is 2.67. The number of hydrogen-bond acceptors (Lipinski definition) is 6. The lowest BCUT2D eigenvalue weighted by atomic mass is 10.1. The molecule has 0 aliphatic heterocycles. The number of aromatic nitrogens is 1. The van der Waals surface area contributed by atoms with Crippen molar-refractivity contribution in [1.82, 2.24) is 10.5 Å². The molecule has 3 rings (SSSR count). The molecule has 1 aromatic heterocycles. The van der Waals surface area contributed by atoms with Crippen LogP contribution >= 0.6 is 0 Å². The van der Waals surface area contributed by atoms with Gasteiger partial charge in [0.05, 0.1) is 6.42 Å². The highest BCUT2D eigenvalue weighted by atomic mass is 16.5. The first kappa shape index (κ1) is 20.1. The molecule has 2 N–H and O–H groups in total. The van der Waals surface area contributed by atoms with E-state index in [4.69, 9.17) is 9.26 Å². The van der Waals surface area contributed by atoms with E-state index in [-0.39, 0.29) is 24.7 Å². The number of carbonyl (C=O) groups is 3. The number of benzene rings is 2. The van der Waals surface area contributed by atoms with Crippen LogP contribution in [0, 0.1) is 6.92 Å². The third-order valence-electron chi connectivity index (χ3n) is 4.18. The number of fused-ring (bicyclic) bond motifs is 1. The monoisotopic (exact) mass is 395 g/mol. The van der Waals surface area contributed by atoms with Gasteiger partial charge in [-0.25, -0.2) is 0 Å². The molecule has 1 heterocycles. The number of carbonyl (C=O) groups excluding carboxylic acids is 3. The fourth-order valence-corrected chi connectivity index (χ4v) is 2.67. The minimum atomic E-state index is -1.00. The molecule has 0 unspecified atom stereocenters. The first-order valence-corrected chi connectivity index (χ1v) is 9.13. The molecule has 2 amide bonds. The average Bonchev–Trinajstić information content (AvgIpc) is 3.11. The smallest absolute Gasteiger partial charge is 0.308 e. The Morgan fingerprint density at radius 1 is 1.10 bits per heavy atom. The molecule has 0 spiro atoms. The van der Waals surface area contributed by atoms with E-state index in [0.717, 1.165) is 10.8 Å². The third kappa shape index (κ3) is 5.41. The Hall–Kier alpha value is -3.68. The summed E-state index contributed by atoms with van der Waals surface area (Å²) in [5.74, 6) is -0.601. The van der Waals surface area contributed by atoms with E-state index >= 15 is 0 Å².